The first-order chi connectivity index (χ1) is 1.73. The summed E-state index contributed by atoms with van der Waals surface area (Å²) in [6, 6.07) is 0. The van der Waals surface area contributed by atoms with E-state index in [9.17, 15) is 0 Å². The van der Waals surface area contributed by atoms with Crippen molar-refractivity contribution >= 4 is 16.1 Å². The molecule has 0 heterocycles. The van der Waals surface area contributed by atoms with Crippen LogP contribution in [0.25, 0.3) is 0 Å². The van der Waals surface area contributed by atoms with Crippen LogP contribution in [0.2, 0.25) is 0 Å². The summed E-state index contributed by atoms with van der Waals surface area (Å²) >= 11 is 0. The van der Waals surface area contributed by atoms with Gasteiger partial charge in [0.1, 0.15) is 0 Å². The summed E-state index contributed by atoms with van der Waals surface area (Å²) in [5, 5.41) is 16.7. The van der Waals surface area contributed by atoms with Crippen molar-refractivity contribution in [1.29, 1.82) is 0 Å². The van der Waals surface area contributed by atoms with Crippen molar-refractivity contribution in [1.82, 2.24) is 0 Å². The van der Waals surface area contributed by atoms with Crippen LogP contribution in [0.4, 0.5) is 4.79 Å². The van der Waals surface area contributed by atoms with Gasteiger partial charge in [-0.15, -0.1) is 0 Å². The Balaban J connectivity index is -0.0000000450. The second kappa shape index (κ2) is 8.97. The fraction of sp³-hybridized carbons (Fsp3) is 0. The first-order valence-corrected chi connectivity index (χ1v) is 0.612. The smallest absolute Gasteiger partial charge is 0.652 e. The van der Waals surface area contributed by atoms with Crippen LogP contribution in [0.1, 0.15) is 0 Å². The molecule has 0 amide bonds. The number of rotatable bonds is 0. The van der Waals surface area contributed by atoms with Gasteiger partial charge < -0.3 is 15.0 Å². The minimum atomic E-state index is -2.33. The van der Waals surface area contributed by atoms with E-state index in [1.807, 2.05) is 0 Å². The third-order valence-electron chi connectivity index (χ3n) is 0. The van der Waals surface area contributed by atoms with Crippen LogP contribution in [0.15, 0.2) is 0 Å². The van der Waals surface area contributed by atoms with Crippen LogP contribution in [-0.4, -0.2) is 6.16 Å². The van der Waals surface area contributed by atoms with Gasteiger partial charge in [0.2, 0.25) is 0 Å². The standard InChI is InChI=1S/CH2O3.Fe.H3P/c2-1(3)4;;/h(H2,2,3,4);;1H3/q;+2;/p-2. The average molecular weight is 150 g/mol. The Morgan fingerprint density at radius 3 is 1.33 bits per heavy atom. The molecule has 0 saturated carbocycles. The van der Waals surface area contributed by atoms with E-state index in [1.165, 1.54) is 0 Å². The molecule has 1 atom stereocenters. The van der Waals surface area contributed by atoms with E-state index in [4.69, 9.17) is 15.0 Å². The quantitative estimate of drug-likeness (QED) is 0.285. The molecule has 0 aromatic heterocycles. The van der Waals surface area contributed by atoms with Gasteiger partial charge in [0.25, 0.3) is 0 Å². The van der Waals surface area contributed by atoms with Crippen molar-refractivity contribution in [2.75, 3.05) is 0 Å². The molecule has 1 unspecified atom stereocenters. The van der Waals surface area contributed by atoms with Crippen LogP contribution < -0.4 is 10.2 Å². The van der Waals surface area contributed by atoms with Crippen LogP contribution in [0.3, 0.4) is 0 Å². The molecule has 0 saturated heterocycles. The zero-order chi connectivity index (χ0) is 3.58. The molecular formula is CH3FeO3P. The van der Waals surface area contributed by atoms with E-state index in [0.717, 1.165) is 0 Å². The van der Waals surface area contributed by atoms with Crippen molar-refractivity contribution in [3.8, 4) is 0 Å². The maximum Gasteiger partial charge on any atom is 2.00 e. The Bertz CT molecular complexity index is 33.8. The minimum absolute atomic E-state index is 0. The zero-order valence-corrected chi connectivity index (χ0v) is 5.30. The minimum Gasteiger partial charge on any atom is -0.652 e. The molecule has 38 valence electrons. The first-order valence-electron chi connectivity index (χ1n) is 0.612. The monoisotopic (exact) mass is 150 g/mol. The van der Waals surface area contributed by atoms with E-state index >= 15 is 0 Å². The van der Waals surface area contributed by atoms with Gasteiger partial charge in [-0.1, -0.05) is 0 Å². The van der Waals surface area contributed by atoms with Gasteiger partial charge >= 0.3 is 17.1 Å². The SMILES string of the molecule is O=C([O-])[O-].P.[Fe+2]. The summed E-state index contributed by atoms with van der Waals surface area (Å²) in [5.41, 5.74) is 0. The van der Waals surface area contributed by atoms with Crippen LogP contribution in [0, 0.1) is 0 Å². The molecule has 0 bridgehead atoms. The normalized spacial score (nSPS) is 4.00. The molecule has 0 N–H and O–H groups in total. The van der Waals surface area contributed by atoms with Crippen LogP contribution >= 0.6 is 9.90 Å². The van der Waals surface area contributed by atoms with Gasteiger partial charge in [0, 0.05) is 0 Å². The fourth-order valence-corrected chi connectivity index (χ4v) is 0. The Morgan fingerprint density at radius 2 is 1.33 bits per heavy atom. The summed E-state index contributed by atoms with van der Waals surface area (Å²) in [6.45, 7) is 0. The van der Waals surface area contributed by atoms with Crippen molar-refractivity contribution in [3.05, 3.63) is 0 Å². The molecular weight excluding hydrogens is 147 g/mol. The number of carboxylic acid groups (broad SMARTS) is 2. The molecule has 6 heavy (non-hydrogen) atoms. The van der Waals surface area contributed by atoms with Gasteiger partial charge in [0.05, 0.1) is 0 Å². The number of hydrogen-bond acceptors (Lipinski definition) is 3. The van der Waals surface area contributed by atoms with Gasteiger partial charge in [0.15, 0.2) is 0 Å². The van der Waals surface area contributed by atoms with Crippen LogP contribution in [-0.2, 0) is 17.1 Å². The van der Waals surface area contributed by atoms with E-state index in [1.54, 1.807) is 0 Å². The predicted octanol–water partition coefficient (Wildman–Crippen LogP) is -2.39. The molecule has 0 aliphatic rings. The topological polar surface area (TPSA) is 63.2 Å². The van der Waals surface area contributed by atoms with Gasteiger partial charge in [-0.3, -0.25) is 0 Å². The number of hydrogen-bond donors (Lipinski definition) is 0. The van der Waals surface area contributed by atoms with Crippen molar-refractivity contribution in [2.24, 2.45) is 0 Å². The van der Waals surface area contributed by atoms with Crippen molar-refractivity contribution in [2.45, 2.75) is 0 Å². The maximum atomic E-state index is 8.33. The largest absolute Gasteiger partial charge is 2.00 e. The summed E-state index contributed by atoms with van der Waals surface area (Å²) < 4.78 is 0. The second-order valence-electron chi connectivity index (χ2n) is 0.250. The molecule has 0 radical (unpaired) electrons. The third kappa shape index (κ3) is 908. The first kappa shape index (κ1) is 16.3. The van der Waals surface area contributed by atoms with Crippen molar-refractivity contribution in [3.63, 3.8) is 0 Å². The number of carbonyl (C=O) groups is 1. The molecule has 0 aliphatic heterocycles. The molecule has 0 aliphatic carbocycles. The number of carbonyl (C=O) groups excluding carboxylic acids is 1. The molecule has 0 rings (SSSR count). The van der Waals surface area contributed by atoms with E-state index < -0.39 is 6.16 Å². The van der Waals surface area contributed by atoms with Gasteiger partial charge in [-0.25, -0.2) is 0 Å². The Morgan fingerprint density at radius 1 is 1.33 bits per heavy atom. The zero-order valence-electron chi connectivity index (χ0n) is 2.79. The fourth-order valence-electron chi connectivity index (χ4n) is 0. The molecule has 0 spiro atoms. The molecule has 5 heteroatoms. The summed E-state index contributed by atoms with van der Waals surface area (Å²) in [5.74, 6) is 0. The third-order valence-corrected chi connectivity index (χ3v) is 0. The second-order valence-corrected chi connectivity index (χ2v) is 0.250. The van der Waals surface area contributed by atoms with E-state index in [-0.39, 0.29) is 27.0 Å². The van der Waals surface area contributed by atoms with Gasteiger partial charge in [-0.2, -0.15) is 9.90 Å². The summed E-state index contributed by atoms with van der Waals surface area (Å²) in [4.78, 5) is 8.33. The Labute approximate surface area is 48.8 Å². The van der Waals surface area contributed by atoms with Crippen molar-refractivity contribution < 1.29 is 32.1 Å². The average Bonchev–Trinajstić information content (AvgIpc) is 0.811. The molecule has 3 nitrogen and oxygen atoms in total. The predicted molar refractivity (Wildman–Crippen MR) is 16.5 cm³/mol. The Hall–Kier alpha value is 0.219. The summed E-state index contributed by atoms with van der Waals surface area (Å²) in [7, 11) is 0. The molecule has 0 fully saturated rings. The van der Waals surface area contributed by atoms with E-state index in [2.05, 4.69) is 0 Å². The Kier molecular flexibility index (Phi) is 24.4. The molecule has 0 aromatic carbocycles. The summed E-state index contributed by atoms with van der Waals surface area (Å²) in [6.07, 6.45) is -2.33. The van der Waals surface area contributed by atoms with Gasteiger partial charge in [-0.05, 0) is 6.16 Å². The van der Waals surface area contributed by atoms with Crippen LogP contribution in [0.5, 0.6) is 0 Å². The maximum absolute atomic E-state index is 8.33. The van der Waals surface area contributed by atoms with E-state index in [0.29, 0.717) is 0 Å². The molecule has 0 aromatic rings.